The predicted molar refractivity (Wildman–Crippen MR) is 78.8 cm³/mol. The third-order valence-corrected chi connectivity index (χ3v) is 4.80. The molecule has 0 radical (unpaired) electrons. The zero-order valence-corrected chi connectivity index (χ0v) is 13.6. The lowest BCUT2D eigenvalue weighted by Gasteiger charge is -2.42. The quantitative estimate of drug-likeness (QED) is 0.698. The molecule has 1 saturated heterocycles. The molecule has 1 heterocycles. The van der Waals surface area contributed by atoms with Crippen LogP contribution in [0.25, 0.3) is 0 Å². The maximum Gasteiger partial charge on any atom is 0.410 e. The Morgan fingerprint density at radius 1 is 1.14 bits per heavy atom. The lowest BCUT2D eigenvalue weighted by molar-refractivity contribution is -0.150. The first-order chi connectivity index (χ1) is 9.77. The minimum Gasteiger partial charge on any atom is -0.469 e. The lowest BCUT2D eigenvalue weighted by Crippen LogP contribution is -2.47. The number of carbonyl (C=O) groups is 2. The van der Waals surface area contributed by atoms with E-state index in [1.807, 2.05) is 20.8 Å². The second-order valence-corrected chi connectivity index (χ2v) is 7.30. The Labute approximate surface area is 127 Å². The summed E-state index contributed by atoms with van der Waals surface area (Å²) in [5, 5.41) is 0. The average Bonchev–Trinajstić information content (AvgIpc) is 2.80. The van der Waals surface area contributed by atoms with Crippen molar-refractivity contribution in [2.75, 3.05) is 20.2 Å². The van der Waals surface area contributed by atoms with Gasteiger partial charge in [0.25, 0.3) is 0 Å². The van der Waals surface area contributed by atoms with Gasteiger partial charge in [-0.25, -0.2) is 4.79 Å². The van der Waals surface area contributed by atoms with Crippen LogP contribution in [0.1, 0.15) is 52.9 Å². The maximum absolute atomic E-state index is 12.1. The molecule has 0 N–H and O–H groups in total. The standard InChI is InChI=1S/C16H27NO4/c1-15(2,3)21-14(19)17-10-8-16(9-11-17)7-5-6-12(16)13(18)20-4/h12H,5-11H2,1-4H3. The van der Waals surface area contributed by atoms with Gasteiger partial charge in [-0.1, -0.05) is 6.42 Å². The van der Waals surface area contributed by atoms with Gasteiger partial charge in [0, 0.05) is 13.1 Å². The van der Waals surface area contributed by atoms with E-state index in [9.17, 15) is 9.59 Å². The number of piperidine rings is 1. The highest BCUT2D eigenvalue weighted by molar-refractivity contribution is 5.74. The normalized spacial score (nSPS) is 25.0. The molecule has 0 bridgehead atoms. The highest BCUT2D eigenvalue weighted by Crippen LogP contribution is 2.51. The third-order valence-electron chi connectivity index (χ3n) is 4.80. The van der Waals surface area contributed by atoms with Crippen molar-refractivity contribution in [2.45, 2.75) is 58.5 Å². The van der Waals surface area contributed by atoms with E-state index < -0.39 is 5.60 Å². The molecule has 1 atom stereocenters. The summed E-state index contributed by atoms with van der Waals surface area (Å²) in [5.41, 5.74) is -0.431. The minimum absolute atomic E-state index is 0.00304. The van der Waals surface area contributed by atoms with Gasteiger partial charge in [-0.3, -0.25) is 4.79 Å². The van der Waals surface area contributed by atoms with Crippen molar-refractivity contribution in [3.05, 3.63) is 0 Å². The predicted octanol–water partition coefficient (Wildman–Crippen LogP) is 2.98. The van der Waals surface area contributed by atoms with E-state index in [4.69, 9.17) is 9.47 Å². The number of esters is 1. The van der Waals surface area contributed by atoms with Gasteiger partial charge in [0.05, 0.1) is 13.0 Å². The number of likely N-dealkylation sites (tertiary alicyclic amines) is 1. The summed E-state index contributed by atoms with van der Waals surface area (Å²) in [6.45, 7) is 6.96. The molecule has 1 spiro atoms. The number of amides is 1. The van der Waals surface area contributed by atoms with E-state index in [1.165, 1.54) is 7.11 Å². The smallest absolute Gasteiger partial charge is 0.410 e. The van der Waals surface area contributed by atoms with E-state index in [0.717, 1.165) is 32.1 Å². The highest BCUT2D eigenvalue weighted by atomic mass is 16.6. The Kier molecular flexibility index (Phi) is 4.49. The molecule has 1 aliphatic heterocycles. The summed E-state index contributed by atoms with van der Waals surface area (Å²) in [5.74, 6) is -0.0819. The summed E-state index contributed by atoms with van der Waals surface area (Å²) in [4.78, 5) is 25.8. The zero-order valence-electron chi connectivity index (χ0n) is 13.6. The molecule has 21 heavy (non-hydrogen) atoms. The van der Waals surface area contributed by atoms with Crippen LogP contribution in [0, 0.1) is 11.3 Å². The molecule has 2 rings (SSSR count). The number of nitrogens with zero attached hydrogens (tertiary/aromatic N) is 1. The summed E-state index contributed by atoms with van der Waals surface area (Å²) >= 11 is 0. The minimum atomic E-state index is -0.464. The molecule has 1 saturated carbocycles. The number of ether oxygens (including phenoxy) is 2. The fourth-order valence-corrected chi connectivity index (χ4v) is 3.71. The van der Waals surface area contributed by atoms with E-state index in [0.29, 0.717) is 13.1 Å². The van der Waals surface area contributed by atoms with Crippen LogP contribution in [-0.2, 0) is 14.3 Å². The topological polar surface area (TPSA) is 55.8 Å². The average molecular weight is 297 g/mol. The van der Waals surface area contributed by atoms with Gasteiger partial charge in [0.1, 0.15) is 5.60 Å². The number of methoxy groups -OCH3 is 1. The molecule has 5 nitrogen and oxygen atoms in total. The summed E-state index contributed by atoms with van der Waals surface area (Å²) in [6, 6.07) is 0. The molecule has 0 aromatic heterocycles. The number of rotatable bonds is 1. The molecule has 1 aliphatic carbocycles. The summed E-state index contributed by atoms with van der Waals surface area (Å²) in [6.07, 6.45) is 4.54. The molecule has 2 aliphatic rings. The van der Waals surface area contributed by atoms with E-state index in [2.05, 4.69) is 0 Å². The van der Waals surface area contributed by atoms with Gasteiger partial charge in [0.2, 0.25) is 0 Å². The number of hydrogen-bond acceptors (Lipinski definition) is 4. The molecule has 1 amide bonds. The molecule has 1 unspecified atom stereocenters. The third kappa shape index (κ3) is 3.50. The van der Waals surface area contributed by atoms with Gasteiger partial charge >= 0.3 is 12.1 Å². The second kappa shape index (κ2) is 5.85. The lowest BCUT2D eigenvalue weighted by atomic mass is 9.70. The Hall–Kier alpha value is -1.26. The van der Waals surface area contributed by atoms with Crippen LogP contribution in [-0.4, -0.2) is 42.8 Å². The van der Waals surface area contributed by atoms with Gasteiger partial charge in [0.15, 0.2) is 0 Å². The zero-order chi connectivity index (χ0) is 15.7. The molecule has 120 valence electrons. The van der Waals surface area contributed by atoms with Gasteiger partial charge in [-0.15, -0.1) is 0 Å². The molecular formula is C16H27NO4. The first-order valence-electron chi connectivity index (χ1n) is 7.83. The largest absolute Gasteiger partial charge is 0.469 e. The van der Waals surface area contributed by atoms with Gasteiger partial charge in [-0.05, 0) is 51.9 Å². The van der Waals surface area contributed by atoms with Crippen molar-refractivity contribution in [2.24, 2.45) is 11.3 Å². The second-order valence-electron chi connectivity index (χ2n) is 7.30. The molecule has 5 heteroatoms. The molecular weight excluding hydrogens is 270 g/mol. The van der Waals surface area contributed by atoms with Gasteiger partial charge in [-0.2, -0.15) is 0 Å². The first kappa shape index (κ1) is 16.1. The van der Waals surface area contributed by atoms with Crippen LogP contribution >= 0.6 is 0 Å². The number of hydrogen-bond donors (Lipinski definition) is 0. The maximum atomic E-state index is 12.1. The van der Waals surface area contributed by atoms with Crippen molar-refractivity contribution >= 4 is 12.1 Å². The molecule has 0 aromatic carbocycles. The van der Waals surface area contributed by atoms with Gasteiger partial charge < -0.3 is 14.4 Å². The summed E-state index contributed by atoms with van der Waals surface area (Å²) < 4.78 is 10.4. The number of carbonyl (C=O) groups excluding carboxylic acids is 2. The monoisotopic (exact) mass is 297 g/mol. The Balaban J connectivity index is 1.96. The molecule has 2 fully saturated rings. The van der Waals surface area contributed by atoms with Crippen molar-refractivity contribution in [3.63, 3.8) is 0 Å². The van der Waals surface area contributed by atoms with E-state index in [-0.39, 0.29) is 23.4 Å². The van der Waals surface area contributed by atoms with Crippen LogP contribution in [0.2, 0.25) is 0 Å². The van der Waals surface area contributed by atoms with Crippen molar-refractivity contribution in [1.82, 2.24) is 4.90 Å². The van der Waals surface area contributed by atoms with Crippen LogP contribution in [0.4, 0.5) is 4.79 Å². The van der Waals surface area contributed by atoms with E-state index in [1.54, 1.807) is 4.90 Å². The Bertz CT molecular complexity index is 405. The Morgan fingerprint density at radius 2 is 1.76 bits per heavy atom. The first-order valence-corrected chi connectivity index (χ1v) is 7.83. The van der Waals surface area contributed by atoms with Crippen LogP contribution < -0.4 is 0 Å². The van der Waals surface area contributed by atoms with Crippen molar-refractivity contribution in [1.29, 1.82) is 0 Å². The Morgan fingerprint density at radius 3 is 2.29 bits per heavy atom. The molecule has 0 aromatic rings. The fourth-order valence-electron chi connectivity index (χ4n) is 3.71. The van der Waals surface area contributed by atoms with Crippen molar-refractivity contribution < 1.29 is 19.1 Å². The van der Waals surface area contributed by atoms with Crippen LogP contribution in [0.15, 0.2) is 0 Å². The summed E-state index contributed by atoms with van der Waals surface area (Å²) in [7, 11) is 1.46. The fraction of sp³-hybridized carbons (Fsp3) is 0.875. The van der Waals surface area contributed by atoms with Crippen LogP contribution in [0.5, 0.6) is 0 Å². The SMILES string of the molecule is COC(=O)C1CCCC12CCN(C(=O)OC(C)(C)C)CC2. The highest BCUT2D eigenvalue weighted by Gasteiger charge is 2.49. The van der Waals surface area contributed by atoms with Crippen molar-refractivity contribution in [3.8, 4) is 0 Å². The van der Waals surface area contributed by atoms with Crippen LogP contribution in [0.3, 0.4) is 0 Å². The van der Waals surface area contributed by atoms with E-state index >= 15 is 0 Å².